The molecular formula is C19H12Cl4O5S. The van der Waals surface area contributed by atoms with E-state index in [1.807, 2.05) is 0 Å². The highest BCUT2D eigenvalue weighted by Crippen LogP contribution is 2.54. The van der Waals surface area contributed by atoms with Crippen LogP contribution in [-0.4, -0.2) is 23.2 Å². The summed E-state index contributed by atoms with van der Waals surface area (Å²) < 4.78 is 34.0. The van der Waals surface area contributed by atoms with E-state index in [9.17, 15) is 23.2 Å². The fraction of sp³-hybridized carbons (Fsp3) is 0.0526. The first-order valence-electron chi connectivity index (χ1n) is 7.91. The molecule has 0 saturated carbocycles. The second kappa shape index (κ2) is 7.87. The predicted molar refractivity (Wildman–Crippen MR) is 114 cm³/mol. The number of hydrogen-bond donors (Lipinski definition) is 3. The van der Waals surface area contributed by atoms with Crippen molar-refractivity contribution in [1.82, 2.24) is 0 Å². The SMILES string of the molecule is O=S(=O)(O)C(c1ccccc1O)(c1ccccc1Cl)c1cc(Cl)c(O)c(Cl)c1Cl. The fourth-order valence-electron chi connectivity index (χ4n) is 3.21. The van der Waals surface area contributed by atoms with E-state index in [1.54, 1.807) is 6.07 Å². The van der Waals surface area contributed by atoms with Gasteiger partial charge in [0.25, 0.3) is 10.1 Å². The molecule has 3 aromatic rings. The van der Waals surface area contributed by atoms with Gasteiger partial charge < -0.3 is 10.2 Å². The first kappa shape index (κ1) is 22.0. The zero-order valence-electron chi connectivity index (χ0n) is 14.3. The number of halogens is 4. The second-order valence-electron chi connectivity index (χ2n) is 6.04. The first-order chi connectivity index (χ1) is 13.5. The van der Waals surface area contributed by atoms with Gasteiger partial charge in [0.05, 0.1) is 10.0 Å². The van der Waals surface area contributed by atoms with Gasteiger partial charge in [0.15, 0.2) is 10.5 Å². The second-order valence-corrected chi connectivity index (χ2v) is 9.17. The monoisotopic (exact) mass is 492 g/mol. The molecule has 0 heterocycles. The minimum absolute atomic E-state index is 0.0373. The zero-order chi connectivity index (χ0) is 21.6. The lowest BCUT2D eigenvalue weighted by atomic mass is 9.83. The number of hydrogen-bond acceptors (Lipinski definition) is 4. The molecule has 0 saturated heterocycles. The van der Waals surface area contributed by atoms with Gasteiger partial charge in [0.2, 0.25) is 0 Å². The Hall–Kier alpha value is -1.67. The largest absolute Gasteiger partial charge is 0.508 e. The van der Waals surface area contributed by atoms with Crippen LogP contribution in [0.5, 0.6) is 11.5 Å². The Labute approximate surface area is 186 Å². The highest BCUT2D eigenvalue weighted by Gasteiger charge is 2.52. The Balaban J connectivity index is 2.67. The normalized spacial score (nSPS) is 13.8. The average molecular weight is 494 g/mol. The van der Waals surface area contributed by atoms with Crippen molar-refractivity contribution in [2.24, 2.45) is 0 Å². The molecule has 0 aromatic heterocycles. The van der Waals surface area contributed by atoms with Crippen LogP contribution in [0.4, 0.5) is 0 Å². The predicted octanol–water partition coefficient (Wildman–Crippen LogP) is 5.89. The van der Waals surface area contributed by atoms with E-state index in [4.69, 9.17) is 46.4 Å². The molecule has 0 aliphatic heterocycles. The molecular weight excluding hydrogens is 482 g/mol. The number of rotatable bonds is 4. The molecule has 0 radical (unpaired) electrons. The third-order valence-corrected chi connectivity index (χ3v) is 7.35. The molecule has 5 nitrogen and oxygen atoms in total. The number of aromatic hydroxyl groups is 2. The Kier molecular flexibility index (Phi) is 5.98. The van der Waals surface area contributed by atoms with Crippen molar-refractivity contribution in [1.29, 1.82) is 0 Å². The van der Waals surface area contributed by atoms with Crippen LogP contribution in [0.3, 0.4) is 0 Å². The average Bonchev–Trinajstić information content (AvgIpc) is 2.66. The van der Waals surface area contributed by atoms with Crippen molar-refractivity contribution < 1.29 is 23.2 Å². The molecule has 3 rings (SSSR count). The van der Waals surface area contributed by atoms with Crippen molar-refractivity contribution in [3.8, 4) is 11.5 Å². The van der Waals surface area contributed by atoms with Crippen LogP contribution in [0, 0.1) is 0 Å². The van der Waals surface area contributed by atoms with Gasteiger partial charge in [-0.05, 0) is 18.2 Å². The molecule has 0 bridgehead atoms. The maximum atomic E-state index is 13.0. The summed E-state index contributed by atoms with van der Waals surface area (Å²) in [5.74, 6) is -1.02. The quantitative estimate of drug-likeness (QED) is 0.239. The van der Waals surface area contributed by atoms with Gasteiger partial charge in [0, 0.05) is 21.7 Å². The van der Waals surface area contributed by atoms with E-state index in [-0.39, 0.29) is 26.7 Å². The third-order valence-electron chi connectivity index (χ3n) is 4.44. The van der Waals surface area contributed by atoms with Crippen LogP contribution < -0.4 is 0 Å². The molecule has 0 aliphatic rings. The van der Waals surface area contributed by atoms with E-state index in [0.29, 0.717) is 0 Å². The van der Waals surface area contributed by atoms with Crippen LogP contribution in [0.1, 0.15) is 16.7 Å². The minimum Gasteiger partial charge on any atom is -0.508 e. The highest BCUT2D eigenvalue weighted by atomic mass is 35.5. The molecule has 10 heteroatoms. The van der Waals surface area contributed by atoms with Gasteiger partial charge in [-0.15, -0.1) is 0 Å². The van der Waals surface area contributed by atoms with E-state index >= 15 is 0 Å². The molecule has 152 valence electrons. The van der Waals surface area contributed by atoms with Crippen molar-refractivity contribution in [2.45, 2.75) is 4.75 Å². The third kappa shape index (κ3) is 3.44. The lowest BCUT2D eigenvalue weighted by Crippen LogP contribution is -2.39. The topological polar surface area (TPSA) is 94.8 Å². The lowest BCUT2D eigenvalue weighted by molar-refractivity contribution is 0.440. The van der Waals surface area contributed by atoms with Crippen LogP contribution in [0.25, 0.3) is 0 Å². The van der Waals surface area contributed by atoms with E-state index in [2.05, 4.69) is 0 Å². The number of benzene rings is 3. The minimum atomic E-state index is -5.13. The summed E-state index contributed by atoms with van der Waals surface area (Å²) in [6.45, 7) is 0. The summed E-state index contributed by atoms with van der Waals surface area (Å²) >= 11 is 24.7. The van der Waals surface area contributed by atoms with Crippen LogP contribution in [0.15, 0.2) is 54.6 Å². The number of para-hydroxylation sites is 1. The van der Waals surface area contributed by atoms with Crippen molar-refractivity contribution in [3.05, 3.63) is 91.4 Å². The standard InChI is InChI=1S/C19H12Cl4O5S/c20-13-7-3-1-5-10(13)19(29(26,27)28,11-6-2-4-8-15(11)24)12-9-14(21)18(25)17(23)16(12)22/h1-9,24-25H,(H,26,27,28). The Bertz CT molecular complexity index is 1170. The molecule has 1 atom stereocenters. The van der Waals surface area contributed by atoms with Crippen LogP contribution in [-0.2, 0) is 14.9 Å². The highest BCUT2D eigenvalue weighted by molar-refractivity contribution is 7.87. The molecule has 3 aromatic carbocycles. The van der Waals surface area contributed by atoms with Crippen molar-refractivity contribution >= 4 is 56.5 Å². The molecule has 0 aliphatic carbocycles. The van der Waals surface area contributed by atoms with Gasteiger partial charge in [-0.2, -0.15) is 8.42 Å². The van der Waals surface area contributed by atoms with Gasteiger partial charge in [0.1, 0.15) is 10.8 Å². The van der Waals surface area contributed by atoms with Crippen LogP contribution >= 0.6 is 46.4 Å². The van der Waals surface area contributed by atoms with Gasteiger partial charge in [-0.3, -0.25) is 4.55 Å². The maximum absolute atomic E-state index is 13.0. The summed E-state index contributed by atoms with van der Waals surface area (Å²) in [6, 6.07) is 12.3. The lowest BCUT2D eigenvalue weighted by Gasteiger charge is -2.34. The summed E-state index contributed by atoms with van der Waals surface area (Å²) in [4.78, 5) is 0. The maximum Gasteiger partial charge on any atom is 0.283 e. The molecule has 1 unspecified atom stereocenters. The van der Waals surface area contributed by atoms with Crippen LogP contribution in [0.2, 0.25) is 20.1 Å². The number of phenolic OH excluding ortho intramolecular Hbond substituents is 2. The Morgan fingerprint density at radius 1 is 0.724 bits per heavy atom. The summed E-state index contributed by atoms with van der Waals surface area (Å²) in [5, 5.41) is 19.4. The van der Waals surface area contributed by atoms with Crippen molar-refractivity contribution in [3.63, 3.8) is 0 Å². The summed E-state index contributed by atoms with van der Waals surface area (Å²) in [5.41, 5.74) is -0.648. The first-order valence-corrected chi connectivity index (χ1v) is 10.9. The van der Waals surface area contributed by atoms with Gasteiger partial charge in [-0.1, -0.05) is 82.8 Å². The molecule has 29 heavy (non-hydrogen) atoms. The molecule has 0 spiro atoms. The molecule has 3 N–H and O–H groups in total. The fourth-order valence-corrected chi connectivity index (χ4v) is 5.69. The van der Waals surface area contributed by atoms with Gasteiger partial charge in [-0.25, -0.2) is 0 Å². The smallest absolute Gasteiger partial charge is 0.283 e. The molecule has 0 amide bonds. The Morgan fingerprint density at radius 3 is 1.83 bits per heavy atom. The zero-order valence-corrected chi connectivity index (χ0v) is 18.1. The van der Waals surface area contributed by atoms with Gasteiger partial charge >= 0.3 is 0 Å². The van der Waals surface area contributed by atoms with Crippen molar-refractivity contribution in [2.75, 3.05) is 0 Å². The summed E-state index contributed by atoms with van der Waals surface area (Å²) in [6.07, 6.45) is 0. The summed E-state index contributed by atoms with van der Waals surface area (Å²) in [7, 11) is -5.13. The van der Waals surface area contributed by atoms with E-state index < -0.39 is 36.4 Å². The van der Waals surface area contributed by atoms with E-state index in [1.165, 1.54) is 42.5 Å². The number of phenols is 2. The molecule has 0 fully saturated rings. The van der Waals surface area contributed by atoms with E-state index in [0.717, 1.165) is 6.07 Å². The Morgan fingerprint density at radius 2 is 1.28 bits per heavy atom.